The topological polar surface area (TPSA) is 0 Å². The highest BCUT2D eigenvalue weighted by Crippen LogP contribution is 2.73. The largest absolute Gasteiger partial charge is 0.226 e. The van der Waals surface area contributed by atoms with Crippen LogP contribution in [0.4, 0.5) is 0 Å². The smallest absolute Gasteiger partial charge is 0.0361 e. The van der Waals surface area contributed by atoms with E-state index >= 15 is 0 Å². The number of hydrogen-bond acceptors (Lipinski definition) is 0. The van der Waals surface area contributed by atoms with Crippen LogP contribution in [0.2, 0.25) is 0 Å². The van der Waals surface area contributed by atoms with Gasteiger partial charge in [-0.25, -0.2) is 10.0 Å². The first-order valence-electron chi connectivity index (χ1n) is 15.3. The maximum absolute atomic E-state index is 2.67. The lowest BCUT2D eigenvalue weighted by atomic mass is 9.62. The summed E-state index contributed by atoms with van der Waals surface area (Å²) in [5.41, 5.74) is 16.8. The normalized spacial score (nSPS) is 27.6. The van der Waals surface area contributed by atoms with Crippen LogP contribution in [0, 0.1) is 0 Å². The van der Waals surface area contributed by atoms with Gasteiger partial charge in [0, 0.05) is 10.5 Å². The highest BCUT2D eigenvalue weighted by molar-refractivity contribution is 8.33. The first-order valence-corrected chi connectivity index (χ1v) is 17.9. The molecule has 0 aromatic heterocycles. The van der Waals surface area contributed by atoms with Gasteiger partial charge >= 0.3 is 0 Å². The van der Waals surface area contributed by atoms with E-state index in [1.165, 1.54) is 36.8 Å². The molecule has 0 heterocycles. The summed E-state index contributed by atoms with van der Waals surface area (Å²) in [5, 5.41) is 1.02. The Bertz CT molecular complexity index is 1340. The molecule has 6 rings (SSSR count). The van der Waals surface area contributed by atoms with E-state index in [2.05, 4.69) is 118 Å². The second kappa shape index (κ2) is 8.18. The Morgan fingerprint density at radius 2 is 0.795 bits per heavy atom. The summed E-state index contributed by atoms with van der Waals surface area (Å²) in [6.45, 7) is 24.6. The van der Waals surface area contributed by atoms with Crippen molar-refractivity contribution >= 4 is 22.2 Å². The minimum Gasteiger partial charge on any atom is -0.226 e. The zero-order valence-corrected chi connectivity index (χ0v) is 27.7. The average molecular weight is 541 g/mol. The molecule has 2 aromatic carbocycles. The van der Waals surface area contributed by atoms with Crippen LogP contribution in [0.5, 0.6) is 0 Å². The Labute approximate surface area is 241 Å². The molecule has 4 aliphatic carbocycles. The van der Waals surface area contributed by atoms with E-state index in [1.54, 1.807) is 44.5 Å². The molecule has 0 saturated carbocycles. The number of hydrogen-bond donors (Lipinski definition) is 0. The van der Waals surface area contributed by atoms with Crippen LogP contribution in [-0.2, 0) is 21.7 Å². The molecule has 2 aromatic rings. The van der Waals surface area contributed by atoms with Gasteiger partial charge in [0.25, 0.3) is 0 Å². The fourth-order valence-corrected chi connectivity index (χ4v) is 12.9. The monoisotopic (exact) mass is 540 g/mol. The standard InChI is InChI=1S/C38H52S/c1-23-17-25-19-29-31(37(7,8)15-13-35(29,3)4)21-27(25)33(23)39(11,12)34-24(2)18-26-20-30-32(22-28(26)34)38(9,10)16-14-36(30,5)6/h17-22,33-34H,13-16H2,1-12H3. The number of rotatable bonds is 2. The van der Waals surface area contributed by atoms with Gasteiger partial charge in [0.2, 0.25) is 0 Å². The van der Waals surface area contributed by atoms with Crippen molar-refractivity contribution in [2.45, 2.75) is 127 Å². The molecule has 0 N–H and O–H groups in total. The van der Waals surface area contributed by atoms with Crippen LogP contribution < -0.4 is 0 Å². The molecule has 0 aliphatic heterocycles. The summed E-state index contributed by atoms with van der Waals surface area (Å²) in [7, 11) is -1.09. The third-order valence-electron chi connectivity index (χ3n) is 11.5. The second-order valence-electron chi connectivity index (χ2n) is 16.6. The summed E-state index contributed by atoms with van der Waals surface area (Å²) in [6.07, 6.45) is 15.5. The molecular formula is C38H52S. The Balaban J connectivity index is 1.49. The van der Waals surface area contributed by atoms with Gasteiger partial charge in [-0.15, -0.1) is 0 Å². The molecule has 0 amide bonds. The Morgan fingerprint density at radius 3 is 1.10 bits per heavy atom. The first kappa shape index (κ1) is 27.4. The van der Waals surface area contributed by atoms with Crippen LogP contribution in [-0.4, -0.2) is 12.5 Å². The molecular weight excluding hydrogens is 488 g/mol. The molecule has 0 nitrogen and oxygen atoms in total. The van der Waals surface area contributed by atoms with E-state index in [4.69, 9.17) is 0 Å². The predicted molar refractivity (Wildman–Crippen MR) is 176 cm³/mol. The van der Waals surface area contributed by atoms with Gasteiger partial charge in [-0.1, -0.05) is 103 Å². The highest BCUT2D eigenvalue weighted by atomic mass is 32.3. The van der Waals surface area contributed by atoms with Crippen molar-refractivity contribution in [1.82, 2.24) is 0 Å². The molecule has 0 saturated heterocycles. The van der Waals surface area contributed by atoms with E-state index in [-0.39, 0.29) is 21.7 Å². The summed E-state index contributed by atoms with van der Waals surface area (Å²) < 4.78 is 0. The number of benzene rings is 2. The van der Waals surface area contributed by atoms with Crippen LogP contribution in [0.25, 0.3) is 12.2 Å². The van der Waals surface area contributed by atoms with Gasteiger partial charge in [0.15, 0.2) is 0 Å². The zero-order chi connectivity index (χ0) is 28.5. The Hall–Kier alpha value is -1.73. The van der Waals surface area contributed by atoms with Crippen LogP contribution in [0.15, 0.2) is 35.4 Å². The van der Waals surface area contributed by atoms with E-state index < -0.39 is 10.0 Å². The predicted octanol–water partition coefficient (Wildman–Crippen LogP) is 11.1. The fraction of sp³-hybridized carbons (Fsp3) is 0.579. The lowest BCUT2D eigenvalue weighted by Crippen LogP contribution is -2.34. The van der Waals surface area contributed by atoms with Crippen molar-refractivity contribution in [3.8, 4) is 0 Å². The molecule has 4 aliphatic rings. The molecule has 0 spiro atoms. The molecule has 39 heavy (non-hydrogen) atoms. The fourth-order valence-electron chi connectivity index (χ4n) is 8.88. The maximum Gasteiger partial charge on any atom is 0.0361 e. The van der Waals surface area contributed by atoms with Gasteiger partial charge in [-0.05, 0) is 118 Å². The van der Waals surface area contributed by atoms with Gasteiger partial charge < -0.3 is 0 Å². The van der Waals surface area contributed by atoms with Crippen molar-refractivity contribution in [1.29, 1.82) is 0 Å². The first-order chi connectivity index (χ1) is 17.9. The Morgan fingerprint density at radius 1 is 0.513 bits per heavy atom. The molecule has 2 unspecified atom stereocenters. The Kier molecular flexibility index (Phi) is 5.76. The van der Waals surface area contributed by atoms with E-state index in [9.17, 15) is 0 Å². The average Bonchev–Trinajstić information content (AvgIpc) is 3.33. The molecule has 1 heteroatoms. The van der Waals surface area contributed by atoms with Gasteiger partial charge in [-0.3, -0.25) is 0 Å². The van der Waals surface area contributed by atoms with E-state index in [1.807, 2.05) is 0 Å². The third-order valence-corrected chi connectivity index (χ3v) is 15.2. The summed E-state index contributed by atoms with van der Waals surface area (Å²) in [6, 6.07) is 10.5. The highest BCUT2D eigenvalue weighted by Gasteiger charge is 2.46. The van der Waals surface area contributed by atoms with Crippen LogP contribution in [0.3, 0.4) is 0 Å². The molecule has 210 valence electrons. The van der Waals surface area contributed by atoms with Crippen molar-refractivity contribution in [3.05, 3.63) is 79.9 Å². The van der Waals surface area contributed by atoms with Gasteiger partial charge in [-0.2, -0.15) is 0 Å². The molecule has 0 fully saturated rings. The molecule has 2 atom stereocenters. The molecule has 0 radical (unpaired) electrons. The summed E-state index contributed by atoms with van der Waals surface area (Å²) in [5.74, 6) is 0. The minimum atomic E-state index is -1.09. The number of fused-ring (bicyclic) bond motifs is 4. The van der Waals surface area contributed by atoms with Crippen LogP contribution >= 0.6 is 10.0 Å². The summed E-state index contributed by atoms with van der Waals surface area (Å²) >= 11 is 0. The van der Waals surface area contributed by atoms with E-state index in [0.717, 1.165) is 0 Å². The van der Waals surface area contributed by atoms with Crippen molar-refractivity contribution < 1.29 is 0 Å². The zero-order valence-electron chi connectivity index (χ0n) is 26.9. The second-order valence-corrected chi connectivity index (χ2v) is 20.5. The maximum atomic E-state index is 2.67. The SMILES string of the molecule is CC1=Cc2cc3c(cc2C1S(C)(C)C1C(C)=Cc2cc4c(cc21)C(C)(C)CCC4(C)C)C(C)(C)CCC3(C)C. The van der Waals surface area contributed by atoms with Gasteiger partial charge in [0.1, 0.15) is 0 Å². The van der Waals surface area contributed by atoms with Gasteiger partial charge in [0.05, 0.1) is 0 Å². The quantitative estimate of drug-likeness (QED) is 0.355. The third kappa shape index (κ3) is 3.92. The lowest BCUT2D eigenvalue weighted by molar-refractivity contribution is 0.331. The van der Waals surface area contributed by atoms with Crippen LogP contribution in [0.1, 0.15) is 150 Å². The summed E-state index contributed by atoms with van der Waals surface area (Å²) in [4.78, 5) is 0. The van der Waals surface area contributed by atoms with Crippen molar-refractivity contribution in [2.24, 2.45) is 0 Å². The van der Waals surface area contributed by atoms with E-state index in [0.29, 0.717) is 10.5 Å². The lowest BCUT2D eigenvalue weighted by Gasteiger charge is -2.48. The minimum absolute atomic E-state index is 0.244. The van der Waals surface area contributed by atoms with Crippen molar-refractivity contribution in [2.75, 3.05) is 12.5 Å². The van der Waals surface area contributed by atoms with Crippen molar-refractivity contribution in [3.63, 3.8) is 0 Å². The molecule has 0 bridgehead atoms.